The summed E-state index contributed by atoms with van der Waals surface area (Å²) in [6, 6.07) is 8.56. The second-order valence-corrected chi connectivity index (χ2v) is 6.69. The number of ether oxygens (including phenoxy) is 1. The molecule has 2 aromatic rings. The average molecular weight is 309 g/mol. The molecule has 1 atom stereocenters. The Morgan fingerprint density at radius 3 is 2.60 bits per heavy atom. The molecular weight excluding hydrogens is 290 g/mol. The van der Waals surface area contributed by atoms with Crippen LogP contribution in [0.2, 0.25) is 0 Å². The molecule has 1 aromatic carbocycles. The molecule has 4 nitrogen and oxygen atoms in total. The predicted molar refractivity (Wildman–Crippen MR) is 84.6 cm³/mol. The molecule has 6 heteroatoms. The van der Waals surface area contributed by atoms with Crippen molar-refractivity contribution < 1.29 is 4.74 Å². The monoisotopic (exact) mass is 309 g/mol. The fraction of sp³-hybridized carbons (Fsp3) is 0.429. The van der Waals surface area contributed by atoms with Crippen LogP contribution in [0.25, 0.3) is 0 Å². The maximum absolute atomic E-state index is 5.66. The molecule has 0 saturated heterocycles. The Morgan fingerprint density at radius 1 is 1.30 bits per heavy atom. The molecular formula is C14H19N3OS2. The molecule has 0 saturated carbocycles. The Labute approximate surface area is 128 Å². The maximum atomic E-state index is 5.66. The Hall–Kier alpha value is -1.11. The summed E-state index contributed by atoms with van der Waals surface area (Å²) in [5.41, 5.74) is 3.01. The summed E-state index contributed by atoms with van der Waals surface area (Å²) in [5.74, 6) is 1.84. The third kappa shape index (κ3) is 4.47. The molecule has 1 N–H and O–H groups in total. The molecule has 0 fully saturated rings. The zero-order valence-electron chi connectivity index (χ0n) is 11.9. The summed E-state index contributed by atoms with van der Waals surface area (Å²) in [6.07, 6.45) is 0.203. The van der Waals surface area contributed by atoms with E-state index in [0.29, 0.717) is 0 Å². The van der Waals surface area contributed by atoms with E-state index in [0.717, 1.165) is 15.8 Å². The number of benzene rings is 1. The minimum Gasteiger partial charge on any atom is -0.491 e. The topological polar surface area (TPSA) is 47.0 Å². The van der Waals surface area contributed by atoms with Crippen molar-refractivity contribution >= 4 is 23.1 Å². The zero-order chi connectivity index (χ0) is 14.4. The zero-order valence-corrected chi connectivity index (χ0v) is 13.5. The van der Waals surface area contributed by atoms with Crippen LogP contribution in [-0.2, 0) is 0 Å². The van der Waals surface area contributed by atoms with Crippen molar-refractivity contribution in [3.05, 3.63) is 35.3 Å². The first kappa shape index (κ1) is 15.3. The fourth-order valence-corrected chi connectivity index (χ4v) is 3.43. The smallest absolute Gasteiger partial charge is 0.174 e. The second-order valence-electron chi connectivity index (χ2n) is 4.59. The summed E-state index contributed by atoms with van der Waals surface area (Å²) in [7, 11) is 1.98. The van der Waals surface area contributed by atoms with Gasteiger partial charge < -0.3 is 10.1 Å². The van der Waals surface area contributed by atoms with Gasteiger partial charge in [0.1, 0.15) is 11.3 Å². The third-order valence-electron chi connectivity index (χ3n) is 2.72. The first-order chi connectivity index (χ1) is 9.69. The molecule has 20 heavy (non-hydrogen) atoms. The summed E-state index contributed by atoms with van der Waals surface area (Å²) >= 11 is 3.29. The maximum Gasteiger partial charge on any atom is 0.174 e. The highest BCUT2D eigenvalue weighted by Crippen LogP contribution is 2.26. The van der Waals surface area contributed by atoms with E-state index in [1.165, 1.54) is 5.56 Å². The van der Waals surface area contributed by atoms with Crippen molar-refractivity contribution in [1.82, 2.24) is 15.5 Å². The number of hydrogen-bond donors (Lipinski definition) is 1. The van der Waals surface area contributed by atoms with Crippen LogP contribution in [-0.4, -0.2) is 29.1 Å². The lowest BCUT2D eigenvalue weighted by molar-refractivity contribution is 0.242. The molecule has 0 bridgehead atoms. The van der Waals surface area contributed by atoms with Crippen molar-refractivity contribution in [2.75, 3.05) is 12.8 Å². The van der Waals surface area contributed by atoms with E-state index >= 15 is 0 Å². The number of hydrogen-bond acceptors (Lipinski definition) is 6. The van der Waals surface area contributed by atoms with Gasteiger partial charge in [-0.05, 0) is 38.6 Å². The first-order valence-electron chi connectivity index (χ1n) is 6.52. The van der Waals surface area contributed by atoms with E-state index in [-0.39, 0.29) is 12.1 Å². The van der Waals surface area contributed by atoms with Crippen molar-refractivity contribution in [2.45, 2.75) is 30.3 Å². The molecule has 0 aliphatic rings. The number of nitrogens with one attached hydrogen (secondary N) is 1. The van der Waals surface area contributed by atoms with Crippen molar-refractivity contribution in [3.63, 3.8) is 0 Å². The molecule has 1 aromatic heterocycles. The molecule has 0 aliphatic carbocycles. The highest BCUT2D eigenvalue weighted by molar-refractivity contribution is 8.01. The van der Waals surface area contributed by atoms with Crippen LogP contribution >= 0.6 is 23.1 Å². The minimum absolute atomic E-state index is 0.203. The van der Waals surface area contributed by atoms with Gasteiger partial charge in [0, 0.05) is 11.8 Å². The largest absolute Gasteiger partial charge is 0.491 e. The van der Waals surface area contributed by atoms with E-state index in [2.05, 4.69) is 27.6 Å². The van der Waals surface area contributed by atoms with Gasteiger partial charge in [0.05, 0.1) is 6.10 Å². The van der Waals surface area contributed by atoms with Gasteiger partial charge in [-0.2, -0.15) is 0 Å². The average Bonchev–Trinajstić information content (AvgIpc) is 2.94. The Balaban J connectivity index is 1.96. The van der Waals surface area contributed by atoms with E-state index in [1.807, 2.05) is 33.0 Å². The summed E-state index contributed by atoms with van der Waals surface area (Å²) in [4.78, 5) is 0. The highest BCUT2D eigenvalue weighted by atomic mass is 32.2. The van der Waals surface area contributed by atoms with Gasteiger partial charge in [0.15, 0.2) is 4.34 Å². The lowest BCUT2D eigenvalue weighted by atomic mass is 10.1. The lowest BCUT2D eigenvalue weighted by Crippen LogP contribution is -2.18. The third-order valence-corrected chi connectivity index (χ3v) is 4.67. The lowest BCUT2D eigenvalue weighted by Gasteiger charge is -2.16. The number of rotatable bonds is 7. The molecule has 1 unspecified atom stereocenters. The quantitative estimate of drug-likeness (QED) is 0.795. The Kier molecular flexibility index (Phi) is 5.82. The van der Waals surface area contributed by atoms with Gasteiger partial charge >= 0.3 is 0 Å². The summed E-state index contributed by atoms with van der Waals surface area (Å²) in [6.45, 7) is 4.06. The van der Waals surface area contributed by atoms with Gasteiger partial charge in [0.2, 0.25) is 0 Å². The van der Waals surface area contributed by atoms with Crippen LogP contribution in [0, 0.1) is 0 Å². The SMILES string of the molecule is CNC(CSc1nncs1)c1ccc(OC(C)C)cc1. The van der Waals surface area contributed by atoms with Gasteiger partial charge in [-0.1, -0.05) is 35.2 Å². The van der Waals surface area contributed by atoms with Crippen LogP contribution in [0.4, 0.5) is 0 Å². The van der Waals surface area contributed by atoms with E-state index in [1.54, 1.807) is 28.6 Å². The molecule has 0 spiro atoms. The van der Waals surface area contributed by atoms with E-state index < -0.39 is 0 Å². The fourth-order valence-electron chi connectivity index (χ4n) is 1.78. The molecule has 0 radical (unpaired) electrons. The minimum atomic E-state index is 0.203. The van der Waals surface area contributed by atoms with E-state index in [4.69, 9.17) is 4.74 Å². The van der Waals surface area contributed by atoms with Gasteiger partial charge in [0.25, 0.3) is 0 Å². The number of nitrogens with zero attached hydrogens (tertiary/aromatic N) is 2. The van der Waals surface area contributed by atoms with Gasteiger partial charge in [-0.15, -0.1) is 10.2 Å². The molecule has 2 rings (SSSR count). The molecule has 1 heterocycles. The van der Waals surface area contributed by atoms with Crippen molar-refractivity contribution in [2.24, 2.45) is 0 Å². The second kappa shape index (κ2) is 7.61. The number of thioether (sulfide) groups is 1. The van der Waals surface area contributed by atoms with Crippen LogP contribution in [0.1, 0.15) is 25.5 Å². The van der Waals surface area contributed by atoms with Gasteiger partial charge in [-0.3, -0.25) is 0 Å². The van der Waals surface area contributed by atoms with Gasteiger partial charge in [-0.25, -0.2) is 0 Å². The van der Waals surface area contributed by atoms with Crippen LogP contribution in [0.15, 0.2) is 34.1 Å². The van der Waals surface area contributed by atoms with Crippen molar-refractivity contribution in [3.8, 4) is 5.75 Å². The van der Waals surface area contributed by atoms with Crippen molar-refractivity contribution in [1.29, 1.82) is 0 Å². The number of aromatic nitrogens is 2. The molecule has 108 valence electrons. The van der Waals surface area contributed by atoms with Crippen LogP contribution in [0.3, 0.4) is 0 Å². The Bertz CT molecular complexity index is 500. The summed E-state index contributed by atoms with van der Waals surface area (Å²) < 4.78 is 6.66. The highest BCUT2D eigenvalue weighted by Gasteiger charge is 2.11. The predicted octanol–water partition coefficient (Wildman–Crippen LogP) is 3.38. The standard InChI is InChI=1S/C14H19N3OS2/c1-10(2)18-12-6-4-11(5-7-12)13(15-3)8-19-14-17-16-9-20-14/h4-7,9-10,13,15H,8H2,1-3H3. The van der Waals surface area contributed by atoms with Crippen LogP contribution < -0.4 is 10.1 Å². The molecule has 0 aliphatic heterocycles. The summed E-state index contributed by atoms with van der Waals surface area (Å²) in [5, 5.41) is 11.2. The van der Waals surface area contributed by atoms with E-state index in [9.17, 15) is 0 Å². The van der Waals surface area contributed by atoms with Crippen LogP contribution in [0.5, 0.6) is 5.75 Å². The first-order valence-corrected chi connectivity index (χ1v) is 8.38. The Morgan fingerprint density at radius 2 is 2.05 bits per heavy atom. The molecule has 0 amide bonds. The normalized spacial score (nSPS) is 12.6.